The Morgan fingerprint density at radius 3 is 2.84 bits per heavy atom. The number of morpholine rings is 1. The van der Waals surface area contributed by atoms with E-state index in [4.69, 9.17) is 11.2 Å². The van der Waals surface area contributed by atoms with Crippen molar-refractivity contribution in [3.05, 3.63) is 12.3 Å². The Morgan fingerprint density at radius 1 is 1.32 bits per heavy atom. The van der Waals surface area contributed by atoms with Gasteiger partial charge in [-0.3, -0.25) is 9.69 Å². The predicted octanol–water partition coefficient (Wildman–Crippen LogP) is 1.51. The van der Waals surface area contributed by atoms with Crippen LogP contribution in [0.15, 0.2) is 22.5 Å². The van der Waals surface area contributed by atoms with Crippen LogP contribution < -0.4 is 5.32 Å². The van der Waals surface area contributed by atoms with E-state index in [-0.39, 0.29) is 5.91 Å². The lowest BCUT2D eigenvalue weighted by Crippen LogP contribution is -2.38. The number of terminal acetylenes is 1. The SMILES string of the molecule is C#CCCC1(CCC(=O)Nc2ccnn2CCN2CCOCC2)N=N1. The molecule has 1 amide bonds. The van der Waals surface area contributed by atoms with Gasteiger partial charge in [-0.05, 0) is 0 Å². The molecule has 0 spiro atoms. The second-order valence-electron chi connectivity index (χ2n) is 6.33. The highest BCUT2D eigenvalue weighted by molar-refractivity contribution is 5.89. The zero-order valence-electron chi connectivity index (χ0n) is 14.4. The van der Waals surface area contributed by atoms with Gasteiger partial charge in [-0.1, -0.05) is 0 Å². The summed E-state index contributed by atoms with van der Waals surface area (Å²) in [6.45, 7) is 5.06. The average molecular weight is 344 g/mol. The predicted molar refractivity (Wildman–Crippen MR) is 93.0 cm³/mol. The molecule has 0 atom stereocenters. The van der Waals surface area contributed by atoms with Crippen LogP contribution >= 0.6 is 0 Å². The first-order chi connectivity index (χ1) is 12.2. The minimum Gasteiger partial charge on any atom is -0.379 e. The van der Waals surface area contributed by atoms with Crippen molar-refractivity contribution in [2.45, 2.75) is 37.9 Å². The van der Waals surface area contributed by atoms with Crippen LogP contribution in [0.25, 0.3) is 0 Å². The quantitative estimate of drug-likeness (QED) is 0.688. The molecule has 1 N–H and O–H groups in total. The average Bonchev–Trinajstić information content (AvgIpc) is 3.28. The Hall–Kier alpha value is -2.24. The third-order valence-electron chi connectivity index (χ3n) is 4.52. The monoisotopic (exact) mass is 344 g/mol. The molecule has 0 saturated carbocycles. The van der Waals surface area contributed by atoms with Gasteiger partial charge in [0.05, 0.1) is 26.0 Å². The van der Waals surface area contributed by atoms with E-state index in [0.29, 0.717) is 25.7 Å². The lowest BCUT2D eigenvalue weighted by Gasteiger charge is -2.26. The number of rotatable bonds is 9. The molecule has 1 aromatic heterocycles. The van der Waals surface area contributed by atoms with Crippen LogP contribution in [0.2, 0.25) is 0 Å². The molecule has 3 rings (SSSR count). The highest BCUT2D eigenvalue weighted by Crippen LogP contribution is 2.37. The fourth-order valence-corrected chi connectivity index (χ4v) is 2.87. The molecule has 25 heavy (non-hydrogen) atoms. The normalized spacial score (nSPS) is 18.7. The number of nitrogens with zero attached hydrogens (tertiary/aromatic N) is 5. The number of amides is 1. The Morgan fingerprint density at radius 2 is 2.12 bits per heavy atom. The maximum Gasteiger partial charge on any atom is 0.225 e. The van der Waals surface area contributed by atoms with Crippen molar-refractivity contribution in [3.8, 4) is 12.3 Å². The number of hydrogen-bond donors (Lipinski definition) is 1. The smallest absolute Gasteiger partial charge is 0.225 e. The minimum absolute atomic E-state index is 0.0505. The van der Waals surface area contributed by atoms with Crippen LogP contribution in [-0.4, -0.2) is 59.1 Å². The lowest BCUT2D eigenvalue weighted by molar-refractivity contribution is -0.116. The highest BCUT2D eigenvalue weighted by Gasteiger charge is 2.39. The van der Waals surface area contributed by atoms with Crippen LogP contribution in [0.4, 0.5) is 5.82 Å². The summed E-state index contributed by atoms with van der Waals surface area (Å²) in [5.41, 5.74) is -0.416. The second-order valence-corrected chi connectivity index (χ2v) is 6.33. The zero-order chi connectivity index (χ0) is 17.5. The fraction of sp³-hybridized carbons (Fsp3) is 0.647. The van der Waals surface area contributed by atoms with E-state index in [0.717, 1.165) is 45.2 Å². The maximum absolute atomic E-state index is 12.2. The molecule has 8 nitrogen and oxygen atoms in total. The minimum atomic E-state index is -0.416. The summed E-state index contributed by atoms with van der Waals surface area (Å²) in [6, 6.07) is 1.82. The first-order valence-electron chi connectivity index (χ1n) is 8.70. The summed E-state index contributed by atoms with van der Waals surface area (Å²) in [7, 11) is 0. The van der Waals surface area contributed by atoms with Gasteiger partial charge >= 0.3 is 0 Å². The van der Waals surface area contributed by atoms with Gasteiger partial charge in [0.2, 0.25) is 5.91 Å². The molecule has 2 aliphatic rings. The van der Waals surface area contributed by atoms with Crippen molar-refractivity contribution in [2.75, 3.05) is 38.2 Å². The van der Waals surface area contributed by atoms with Gasteiger partial charge in [-0.25, -0.2) is 4.68 Å². The fourth-order valence-electron chi connectivity index (χ4n) is 2.87. The Labute approximate surface area is 147 Å². The molecular weight excluding hydrogens is 320 g/mol. The number of nitrogens with one attached hydrogen (secondary N) is 1. The van der Waals surface area contributed by atoms with Crippen molar-refractivity contribution >= 4 is 11.7 Å². The van der Waals surface area contributed by atoms with E-state index in [9.17, 15) is 4.79 Å². The summed E-state index contributed by atoms with van der Waals surface area (Å²) >= 11 is 0. The van der Waals surface area contributed by atoms with Gasteiger partial charge in [0.15, 0.2) is 5.66 Å². The van der Waals surface area contributed by atoms with Crippen LogP contribution in [0.5, 0.6) is 0 Å². The van der Waals surface area contributed by atoms with Crippen molar-refractivity contribution < 1.29 is 9.53 Å². The van der Waals surface area contributed by atoms with E-state index in [1.54, 1.807) is 6.20 Å². The zero-order valence-corrected chi connectivity index (χ0v) is 14.4. The summed E-state index contributed by atoms with van der Waals surface area (Å²) < 4.78 is 7.18. The van der Waals surface area contributed by atoms with Gasteiger partial charge in [-0.2, -0.15) is 15.3 Å². The second kappa shape index (κ2) is 8.23. The van der Waals surface area contributed by atoms with Gasteiger partial charge in [0.1, 0.15) is 5.82 Å². The number of carbonyl (C=O) groups excluding carboxylic acids is 1. The standard InChI is InChI=1S/C17H24N6O2/c1-2-3-6-17(20-21-17)7-4-16(24)19-15-5-8-18-23(15)10-9-22-11-13-25-14-12-22/h1,5,8H,3-4,6-7,9-14H2,(H,19,24). The molecule has 134 valence electrons. The first-order valence-corrected chi connectivity index (χ1v) is 8.70. The van der Waals surface area contributed by atoms with E-state index >= 15 is 0 Å². The summed E-state index contributed by atoms with van der Waals surface area (Å²) in [6.07, 6.45) is 9.29. The number of aromatic nitrogens is 2. The van der Waals surface area contributed by atoms with Gasteiger partial charge in [-0.15, -0.1) is 12.3 Å². The van der Waals surface area contributed by atoms with Crippen LogP contribution in [0.1, 0.15) is 25.7 Å². The van der Waals surface area contributed by atoms with Crippen LogP contribution in [0.3, 0.4) is 0 Å². The molecule has 0 unspecified atom stereocenters. The highest BCUT2D eigenvalue weighted by atomic mass is 16.5. The van der Waals surface area contributed by atoms with Crippen molar-refractivity contribution in [3.63, 3.8) is 0 Å². The van der Waals surface area contributed by atoms with Crippen LogP contribution in [0, 0.1) is 12.3 Å². The maximum atomic E-state index is 12.2. The molecule has 0 aliphatic carbocycles. The number of carbonyl (C=O) groups is 1. The van der Waals surface area contributed by atoms with Crippen molar-refractivity contribution in [1.29, 1.82) is 0 Å². The van der Waals surface area contributed by atoms with E-state index in [1.807, 2.05) is 10.7 Å². The Kier molecular flexibility index (Phi) is 5.79. The molecule has 2 aliphatic heterocycles. The summed E-state index contributed by atoms with van der Waals surface area (Å²) in [4.78, 5) is 14.5. The Balaban J connectivity index is 1.42. The molecule has 0 bridgehead atoms. The number of anilines is 1. The van der Waals surface area contributed by atoms with Gasteiger partial charge in [0, 0.05) is 51.4 Å². The van der Waals surface area contributed by atoms with Gasteiger partial charge < -0.3 is 10.1 Å². The van der Waals surface area contributed by atoms with E-state index < -0.39 is 5.66 Å². The summed E-state index contributed by atoms with van der Waals surface area (Å²) in [5, 5.41) is 15.3. The third kappa shape index (κ3) is 5.11. The third-order valence-corrected chi connectivity index (χ3v) is 4.52. The number of ether oxygens (including phenoxy) is 1. The molecule has 0 aromatic carbocycles. The van der Waals surface area contributed by atoms with Crippen molar-refractivity contribution in [1.82, 2.24) is 14.7 Å². The van der Waals surface area contributed by atoms with Gasteiger partial charge in [0.25, 0.3) is 0 Å². The van der Waals surface area contributed by atoms with Crippen LogP contribution in [-0.2, 0) is 16.1 Å². The molecule has 0 radical (unpaired) electrons. The lowest BCUT2D eigenvalue weighted by atomic mass is 10.0. The molecule has 3 heterocycles. The molecule has 8 heteroatoms. The first kappa shape index (κ1) is 17.6. The topological polar surface area (TPSA) is 84.1 Å². The Bertz CT molecular complexity index is 650. The van der Waals surface area contributed by atoms with E-state index in [1.165, 1.54) is 0 Å². The van der Waals surface area contributed by atoms with E-state index in [2.05, 4.69) is 31.5 Å². The summed E-state index contributed by atoms with van der Waals surface area (Å²) in [5.74, 6) is 3.26. The molecular formula is C17H24N6O2. The molecule has 1 aromatic rings. The van der Waals surface area contributed by atoms with Crippen molar-refractivity contribution in [2.24, 2.45) is 10.2 Å². The molecule has 1 saturated heterocycles. The number of hydrogen-bond acceptors (Lipinski definition) is 6. The largest absolute Gasteiger partial charge is 0.379 e. The molecule has 1 fully saturated rings.